The Morgan fingerprint density at radius 3 is 2.64 bits per heavy atom. The minimum Gasteiger partial charge on any atom is -0.357 e. The molecule has 154 valence electrons. The second-order valence-electron chi connectivity index (χ2n) is 8.07. The number of carbonyl (C=O) groups is 2. The van der Waals surface area contributed by atoms with Crippen LogP contribution in [0.5, 0.6) is 0 Å². The zero-order valence-electron chi connectivity index (χ0n) is 16.9. The van der Waals surface area contributed by atoms with Crippen molar-refractivity contribution in [3.05, 3.63) is 23.9 Å². The van der Waals surface area contributed by atoms with Crippen LogP contribution in [0, 0.1) is 5.92 Å². The van der Waals surface area contributed by atoms with Crippen LogP contribution in [0.1, 0.15) is 55.8 Å². The van der Waals surface area contributed by atoms with Gasteiger partial charge in [0.05, 0.1) is 5.56 Å². The van der Waals surface area contributed by atoms with Gasteiger partial charge in [-0.2, -0.15) is 0 Å². The number of amides is 2. The first-order valence-electron chi connectivity index (χ1n) is 10.6. The topological polar surface area (TPSA) is 91.6 Å². The number of aromatic nitrogens is 1. The molecular formula is C21H33N5O2. The highest BCUT2D eigenvalue weighted by molar-refractivity contribution is 5.94. The van der Waals surface area contributed by atoms with Crippen LogP contribution in [-0.2, 0) is 4.79 Å². The molecule has 0 saturated carbocycles. The minimum absolute atomic E-state index is 0.00379. The normalized spacial score (nSPS) is 20.9. The summed E-state index contributed by atoms with van der Waals surface area (Å²) in [6.45, 7) is 5.90. The van der Waals surface area contributed by atoms with Crippen molar-refractivity contribution in [2.24, 2.45) is 11.7 Å². The Kier molecular flexibility index (Phi) is 7.25. The van der Waals surface area contributed by atoms with Crippen LogP contribution >= 0.6 is 0 Å². The molecule has 28 heavy (non-hydrogen) atoms. The van der Waals surface area contributed by atoms with E-state index in [2.05, 4.69) is 22.1 Å². The fourth-order valence-electron chi connectivity index (χ4n) is 4.03. The maximum Gasteiger partial charge on any atom is 0.255 e. The summed E-state index contributed by atoms with van der Waals surface area (Å²) in [6, 6.07) is 3.89. The van der Waals surface area contributed by atoms with E-state index in [4.69, 9.17) is 5.73 Å². The highest BCUT2D eigenvalue weighted by atomic mass is 16.2. The zero-order chi connectivity index (χ0) is 19.9. The molecule has 0 bridgehead atoms. The molecular weight excluding hydrogens is 354 g/mol. The average molecular weight is 388 g/mol. The number of nitrogens with zero attached hydrogens (tertiary/aromatic N) is 3. The van der Waals surface area contributed by atoms with Gasteiger partial charge >= 0.3 is 0 Å². The van der Waals surface area contributed by atoms with Gasteiger partial charge in [0.25, 0.3) is 5.91 Å². The van der Waals surface area contributed by atoms with Gasteiger partial charge in [0.15, 0.2) is 0 Å². The van der Waals surface area contributed by atoms with Crippen LogP contribution in [0.25, 0.3) is 0 Å². The smallest absolute Gasteiger partial charge is 0.255 e. The van der Waals surface area contributed by atoms with E-state index < -0.39 is 0 Å². The number of piperidine rings is 2. The van der Waals surface area contributed by atoms with E-state index in [0.717, 1.165) is 50.6 Å². The third kappa shape index (κ3) is 5.22. The Morgan fingerprint density at radius 1 is 1.18 bits per heavy atom. The van der Waals surface area contributed by atoms with Crippen LogP contribution in [0.15, 0.2) is 18.3 Å². The largest absolute Gasteiger partial charge is 0.357 e. The quantitative estimate of drug-likeness (QED) is 0.776. The molecule has 0 spiro atoms. The molecule has 7 heteroatoms. The number of nitrogens with one attached hydrogen (secondary N) is 1. The number of carbonyl (C=O) groups excluding carboxylic acids is 2. The first-order valence-corrected chi connectivity index (χ1v) is 10.6. The molecule has 2 aliphatic heterocycles. The fourth-order valence-corrected chi connectivity index (χ4v) is 4.03. The molecule has 2 amide bonds. The summed E-state index contributed by atoms with van der Waals surface area (Å²) in [5.41, 5.74) is 6.05. The molecule has 7 nitrogen and oxygen atoms in total. The SMILES string of the molecule is CC1CCN(c2ccc(C(=O)N3CCCCC3CNC(=O)CCN)cn2)CC1. The molecule has 1 unspecified atom stereocenters. The molecule has 0 aliphatic carbocycles. The molecule has 1 atom stereocenters. The minimum atomic E-state index is -0.0534. The summed E-state index contributed by atoms with van der Waals surface area (Å²) in [5, 5.41) is 2.91. The predicted octanol–water partition coefficient (Wildman–Crippen LogP) is 1.78. The summed E-state index contributed by atoms with van der Waals surface area (Å²) in [7, 11) is 0. The van der Waals surface area contributed by atoms with Gasteiger partial charge in [0.1, 0.15) is 5.82 Å². The van der Waals surface area contributed by atoms with E-state index in [9.17, 15) is 9.59 Å². The average Bonchev–Trinajstić information content (AvgIpc) is 2.73. The second-order valence-corrected chi connectivity index (χ2v) is 8.07. The first-order chi connectivity index (χ1) is 13.6. The standard InChI is InChI=1S/C21H33N5O2/c1-16-8-12-25(13-9-16)19-6-5-17(14-23-19)21(28)26-11-3-2-4-18(26)15-24-20(27)7-10-22/h5-6,14,16,18H,2-4,7-13,15,22H2,1H3,(H,24,27). The lowest BCUT2D eigenvalue weighted by Crippen LogP contribution is -2.49. The molecule has 1 aromatic rings. The Hall–Kier alpha value is -2.15. The van der Waals surface area contributed by atoms with Gasteiger partial charge in [-0.25, -0.2) is 4.98 Å². The van der Waals surface area contributed by atoms with Crippen molar-refractivity contribution in [3.63, 3.8) is 0 Å². The van der Waals surface area contributed by atoms with Crippen molar-refractivity contribution >= 4 is 17.6 Å². The fraction of sp³-hybridized carbons (Fsp3) is 0.667. The summed E-state index contributed by atoms with van der Waals surface area (Å²) < 4.78 is 0. The third-order valence-corrected chi connectivity index (χ3v) is 5.90. The van der Waals surface area contributed by atoms with E-state index >= 15 is 0 Å². The van der Waals surface area contributed by atoms with E-state index in [1.807, 2.05) is 17.0 Å². The summed E-state index contributed by atoms with van der Waals surface area (Å²) in [4.78, 5) is 33.5. The molecule has 2 saturated heterocycles. The molecule has 3 rings (SSSR count). The van der Waals surface area contributed by atoms with Gasteiger partial charge in [-0.1, -0.05) is 6.92 Å². The Balaban J connectivity index is 1.61. The number of hydrogen-bond acceptors (Lipinski definition) is 5. The second kappa shape index (κ2) is 9.87. The lowest BCUT2D eigenvalue weighted by atomic mass is 9.99. The maximum absolute atomic E-state index is 13.1. The lowest BCUT2D eigenvalue weighted by molar-refractivity contribution is -0.121. The first kappa shape index (κ1) is 20.6. The van der Waals surface area contributed by atoms with Crippen LogP contribution in [0.3, 0.4) is 0 Å². The summed E-state index contributed by atoms with van der Waals surface area (Å²) in [6.07, 6.45) is 7.38. The van der Waals surface area contributed by atoms with Crippen LogP contribution in [0.4, 0.5) is 5.82 Å². The van der Waals surface area contributed by atoms with Crippen molar-refractivity contribution in [1.29, 1.82) is 0 Å². The maximum atomic E-state index is 13.1. The predicted molar refractivity (Wildman–Crippen MR) is 110 cm³/mol. The van der Waals surface area contributed by atoms with Gasteiger partial charge in [0.2, 0.25) is 5.91 Å². The number of anilines is 1. The summed E-state index contributed by atoms with van der Waals surface area (Å²) in [5.74, 6) is 1.68. The van der Waals surface area contributed by atoms with Gasteiger partial charge in [0, 0.05) is 51.4 Å². The Bertz CT molecular complexity index is 655. The van der Waals surface area contributed by atoms with Crippen LogP contribution < -0.4 is 16.0 Å². The van der Waals surface area contributed by atoms with Crippen molar-refractivity contribution in [2.75, 3.05) is 37.6 Å². The van der Waals surface area contributed by atoms with Crippen molar-refractivity contribution in [1.82, 2.24) is 15.2 Å². The van der Waals surface area contributed by atoms with E-state index in [1.165, 1.54) is 12.8 Å². The van der Waals surface area contributed by atoms with Crippen LogP contribution in [0.2, 0.25) is 0 Å². The zero-order valence-corrected chi connectivity index (χ0v) is 16.9. The molecule has 3 N–H and O–H groups in total. The van der Waals surface area contributed by atoms with Crippen LogP contribution in [-0.4, -0.2) is 60.5 Å². The number of rotatable bonds is 6. The highest BCUT2D eigenvalue weighted by Crippen LogP contribution is 2.23. The molecule has 1 aromatic heterocycles. The number of likely N-dealkylation sites (tertiary alicyclic amines) is 1. The van der Waals surface area contributed by atoms with Gasteiger partial charge in [-0.05, 0) is 50.2 Å². The van der Waals surface area contributed by atoms with E-state index in [1.54, 1.807) is 6.20 Å². The Morgan fingerprint density at radius 2 is 1.96 bits per heavy atom. The van der Waals surface area contributed by atoms with Gasteiger partial charge in [-0.15, -0.1) is 0 Å². The van der Waals surface area contributed by atoms with Crippen molar-refractivity contribution in [3.8, 4) is 0 Å². The molecule has 0 aromatic carbocycles. The highest BCUT2D eigenvalue weighted by Gasteiger charge is 2.28. The van der Waals surface area contributed by atoms with E-state index in [-0.39, 0.29) is 17.9 Å². The lowest BCUT2D eigenvalue weighted by Gasteiger charge is -2.36. The molecule has 3 heterocycles. The molecule has 2 aliphatic rings. The third-order valence-electron chi connectivity index (χ3n) is 5.90. The Labute approximate surface area is 167 Å². The monoisotopic (exact) mass is 387 g/mol. The van der Waals surface area contributed by atoms with E-state index in [0.29, 0.717) is 25.1 Å². The summed E-state index contributed by atoms with van der Waals surface area (Å²) >= 11 is 0. The number of nitrogens with two attached hydrogens (primary N) is 1. The van der Waals surface area contributed by atoms with Crippen molar-refractivity contribution in [2.45, 2.75) is 51.5 Å². The van der Waals surface area contributed by atoms with Gasteiger partial charge < -0.3 is 20.9 Å². The molecule has 0 radical (unpaired) electrons. The molecule has 2 fully saturated rings. The van der Waals surface area contributed by atoms with Crippen molar-refractivity contribution < 1.29 is 9.59 Å². The number of hydrogen-bond donors (Lipinski definition) is 2. The number of pyridine rings is 1. The van der Waals surface area contributed by atoms with Gasteiger partial charge in [-0.3, -0.25) is 9.59 Å².